The summed E-state index contributed by atoms with van der Waals surface area (Å²) in [6.07, 6.45) is 10.3. The zero-order valence-corrected chi connectivity index (χ0v) is 23.4. The van der Waals surface area contributed by atoms with E-state index in [1.54, 1.807) is 36.5 Å². The number of rotatable bonds is 8. The molecule has 0 spiro atoms. The summed E-state index contributed by atoms with van der Waals surface area (Å²) in [4.78, 5) is 37.2. The second kappa shape index (κ2) is 12.4. The van der Waals surface area contributed by atoms with E-state index in [0.717, 1.165) is 42.1 Å². The van der Waals surface area contributed by atoms with Crippen LogP contribution in [0.5, 0.6) is 0 Å². The fourth-order valence-corrected chi connectivity index (χ4v) is 5.22. The van der Waals surface area contributed by atoms with Crippen LogP contribution in [0.2, 0.25) is 5.02 Å². The lowest BCUT2D eigenvalue weighted by Gasteiger charge is -2.30. The fourth-order valence-electron chi connectivity index (χ4n) is 4.84. The summed E-state index contributed by atoms with van der Waals surface area (Å²) >= 11 is 9.73. The lowest BCUT2D eigenvalue weighted by atomic mass is 9.91. The molecule has 0 bridgehead atoms. The van der Waals surface area contributed by atoms with Gasteiger partial charge >= 0.3 is 0 Å². The summed E-state index contributed by atoms with van der Waals surface area (Å²) in [7, 11) is 0. The highest BCUT2D eigenvalue weighted by Gasteiger charge is 2.25. The Labute approximate surface area is 239 Å². The van der Waals surface area contributed by atoms with Crippen LogP contribution < -0.4 is 16.0 Å². The molecule has 1 fully saturated rings. The third-order valence-corrected chi connectivity index (χ3v) is 7.35. The van der Waals surface area contributed by atoms with Crippen molar-refractivity contribution < 1.29 is 9.59 Å². The molecule has 5 rings (SSSR count). The van der Waals surface area contributed by atoms with Crippen molar-refractivity contribution in [3.8, 4) is 11.3 Å². The zero-order valence-electron chi connectivity index (χ0n) is 21.1. The molecule has 39 heavy (non-hydrogen) atoms. The Morgan fingerprint density at radius 1 is 1.10 bits per heavy atom. The number of hydrogen-bond acceptors (Lipinski definition) is 5. The second-order valence-electron chi connectivity index (χ2n) is 9.44. The number of nitrogens with zero attached hydrogens (tertiary/aromatic N) is 2. The Balaban J connectivity index is 1.20. The molecule has 1 saturated carbocycles. The maximum atomic E-state index is 12.9. The van der Waals surface area contributed by atoms with Gasteiger partial charge in [0.25, 0.3) is 5.91 Å². The number of carbonyl (C=O) groups excluding carboxylic acids is 2. The van der Waals surface area contributed by atoms with Gasteiger partial charge in [-0.2, -0.15) is 0 Å². The van der Waals surface area contributed by atoms with Gasteiger partial charge in [-0.15, -0.1) is 0 Å². The molecule has 0 radical (unpaired) electrons. The topological polar surface area (TPSA) is 112 Å². The first-order valence-corrected chi connectivity index (χ1v) is 14.3. The number of fused-ring (bicyclic) bond motifs is 1. The lowest BCUT2D eigenvalue weighted by molar-refractivity contribution is -0.111. The fraction of sp³-hybridized carbons (Fsp3) is 0.241. The largest absolute Gasteiger partial charge is 0.360 e. The quantitative estimate of drug-likeness (QED) is 0.138. The van der Waals surface area contributed by atoms with Crippen molar-refractivity contribution in [2.24, 2.45) is 0 Å². The van der Waals surface area contributed by atoms with Crippen LogP contribution in [0.3, 0.4) is 0 Å². The number of allylic oxidation sites excluding steroid dienone is 1. The van der Waals surface area contributed by atoms with Gasteiger partial charge in [-0.05, 0) is 56.0 Å². The standard InChI is InChI=1S/C29H28BrClN6O2/c30-14-4-9-26(38)34-19-12-10-18(11-13-19)28(39)35-20-5-3-6-21(15-20)36-29-33-17-24(31)27(37-29)23-16-32-25-8-2-1-7-22(23)25/h1-2,4,7-13,16-17,20-21,32H,3,5-6,14-15H2,(H,34,38)(H,35,39)(H,33,36,37). The van der Waals surface area contributed by atoms with Crippen LogP contribution in [0, 0.1) is 0 Å². The minimum absolute atomic E-state index is 0.0258. The molecule has 0 aliphatic heterocycles. The summed E-state index contributed by atoms with van der Waals surface area (Å²) in [6.45, 7) is 0. The third-order valence-electron chi connectivity index (χ3n) is 6.70. The Hall–Kier alpha value is -3.69. The Kier molecular flexibility index (Phi) is 8.58. The van der Waals surface area contributed by atoms with Gasteiger partial charge in [0.05, 0.1) is 16.9 Å². The van der Waals surface area contributed by atoms with Crippen molar-refractivity contribution in [2.75, 3.05) is 16.0 Å². The maximum absolute atomic E-state index is 12.9. The van der Waals surface area contributed by atoms with E-state index in [1.807, 2.05) is 30.5 Å². The number of aromatic amines is 1. The van der Waals surface area contributed by atoms with Gasteiger partial charge in [-0.1, -0.05) is 51.8 Å². The number of alkyl halides is 1. The first kappa shape index (κ1) is 26.9. The van der Waals surface area contributed by atoms with Gasteiger partial charge in [0.1, 0.15) is 0 Å². The van der Waals surface area contributed by atoms with Crippen LogP contribution in [0.4, 0.5) is 11.6 Å². The number of amides is 2. The number of halogens is 2. The average Bonchev–Trinajstić information content (AvgIpc) is 3.37. The highest BCUT2D eigenvalue weighted by Crippen LogP contribution is 2.32. The van der Waals surface area contributed by atoms with E-state index < -0.39 is 0 Å². The normalized spacial score (nSPS) is 17.3. The molecule has 8 nitrogen and oxygen atoms in total. The SMILES string of the molecule is O=C(C=CCBr)Nc1ccc(C(=O)NC2CCCC(Nc3ncc(Cl)c(-c4c[nH]c5ccccc45)n3)C2)cc1. The third kappa shape index (κ3) is 6.66. The number of para-hydroxylation sites is 1. The Morgan fingerprint density at radius 3 is 2.72 bits per heavy atom. The van der Waals surface area contributed by atoms with E-state index in [1.165, 1.54) is 6.08 Å². The van der Waals surface area contributed by atoms with Gasteiger partial charge in [0, 0.05) is 57.4 Å². The molecule has 2 aromatic heterocycles. The van der Waals surface area contributed by atoms with Crippen molar-refractivity contribution in [1.29, 1.82) is 0 Å². The molecular weight excluding hydrogens is 580 g/mol. The first-order valence-electron chi connectivity index (χ1n) is 12.8. The molecule has 1 aliphatic rings. The number of nitrogens with one attached hydrogen (secondary N) is 4. The highest BCUT2D eigenvalue weighted by molar-refractivity contribution is 9.09. The summed E-state index contributed by atoms with van der Waals surface area (Å²) in [5, 5.41) is 11.5. The number of aromatic nitrogens is 3. The van der Waals surface area contributed by atoms with Gasteiger partial charge in [-0.25, -0.2) is 9.97 Å². The van der Waals surface area contributed by atoms with E-state index in [-0.39, 0.29) is 23.9 Å². The number of hydrogen-bond donors (Lipinski definition) is 4. The van der Waals surface area contributed by atoms with Crippen LogP contribution in [0.1, 0.15) is 36.0 Å². The maximum Gasteiger partial charge on any atom is 0.251 e. The highest BCUT2D eigenvalue weighted by atomic mass is 79.9. The van der Waals surface area contributed by atoms with Gasteiger partial charge in [-0.3, -0.25) is 9.59 Å². The number of anilines is 2. The van der Waals surface area contributed by atoms with Crippen molar-refractivity contribution in [3.63, 3.8) is 0 Å². The van der Waals surface area contributed by atoms with Crippen LogP contribution in [0.15, 0.2) is 73.1 Å². The van der Waals surface area contributed by atoms with Gasteiger partial charge in [0.15, 0.2) is 0 Å². The predicted octanol–water partition coefficient (Wildman–Crippen LogP) is 6.32. The van der Waals surface area contributed by atoms with Crippen molar-refractivity contribution >= 4 is 61.9 Å². The van der Waals surface area contributed by atoms with Gasteiger partial charge in [0.2, 0.25) is 11.9 Å². The van der Waals surface area contributed by atoms with E-state index in [2.05, 4.69) is 41.8 Å². The summed E-state index contributed by atoms with van der Waals surface area (Å²) in [6, 6.07) is 15.0. The molecule has 2 atom stereocenters. The minimum Gasteiger partial charge on any atom is -0.360 e. The molecule has 4 aromatic rings. The van der Waals surface area contributed by atoms with Crippen LogP contribution in [-0.2, 0) is 4.79 Å². The predicted molar refractivity (Wildman–Crippen MR) is 159 cm³/mol. The van der Waals surface area contributed by atoms with Crippen LogP contribution in [-0.4, -0.2) is 44.2 Å². The molecule has 2 unspecified atom stereocenters. The summed E-state index contributed by atoms with van der Waals surface area (Å²) in [5.74, 6) is 0.160. The Morgan fingerprint density at radius 2 is 1.90 bits per heavy atom. The number of H-pyrrole nitrogens is 1. The van der Waals surface area contributed by atoms with Crippen LogP contribution >= 0.6 is 27.5 Å². The molecular formula is C29H28BrClN6O2. The van der Waals surface area contributed by atoms with Crippen molar-refractivity contribution in [1.82, 2.24) is 20.3 Å². The lowest BCUT2D eigenvalue weighted by Crippen LogP contribution is -2.42. The summed E-state index contributed by atoms with van der Waals surface area (Å²) < 4.78 is 0. The average molecular weight is 608 g/mol. The monoisotopic (exact) mass is 606 g/mol. The Bertz CT molecular complexity index is 1500. The molecule has 200 valence electrons. The van der Waals surface area contributed by atoms with E-state index in [0.29, 0.717) is 33.2 Å². The smallest absolute Gasteiger partial charge is 0.251 e. The van der Waals surface area contributed by atoms with E-state index >= 15 is 0 Å². The van der Waals surface area contributed by atoms with E-state index in [4.69, 9.17) is 16.6 Å². The molecule has 2 aromatic carbocycles. The first-order chi connectivity index (χ1) is 19.0. The molecule has 1 aliphatic carbocycles. The van der Waals surface area contributed by atoms with Crippen molar-refractivity contribution in [2.45, 2.75) is 37.8 Å². The molecule has 4 N–H and O–H groups in total. The van der Waals surface area contributed by atoms with Crippen LogP contribution in [0.25, 0.3) is 22.2 Å². The molecule has 10 heteroatoms. The second-order valence-corrected chi connectivity index (χ2v) is 10.5. The zero-order chi connectivity index (χ0) is 27.2. The van der Waals surface area contributed by atoms with Gasteiger partial charge < -0.3 is 20.9 Å². The number of carbonyl (C=O) groups is 2. The number of benzene rings is 2. The molecule has 2 heterocycles. The van der Waals surface area contributed by atoms with E-state index in [9.17, 15) is 9.59 Å². The molecule has 2 amide bonds. The molecule has 0 saturated heterocycles. The minimum atomic E-state index is -0.217. The summed E-state index contributed by atoms with van der Waals surface area (Å²) in [5.41, 5.74) is 3.79. The van der Waals surface area contributed by atoms with Crippen molar-refractivity contribution in [3.05, 3.63) is 83.7 Å².